The van der Waals surface area contributed by atoms with Crippen LogP contribution < -0.4 is 0 Å². The van der Waals surface area contributed by atoms with Crippen LogP contribution in [0.1, 0.15) is 144 Å². The van der Waals surface area contributed by atoms with Crippen LogP contribution in [-0.2, 0) is 21.7 Å². The Labute approximate surface area is 321 Å². The number of aryl methyl sites for hydroxylation is 4. The average molecular weight is 726 g/mol. The molecule has 6 aromatic rings. The summed E-state index contributed by atoms with van der Waals surface area (Å²) in [7, 11) is 0. The van der Waals surface area contributed by atoms with Crippen molar-refractivity contribution >= 4 is 28.0 Å². The maximum atomic E-state index is 11.2. The summed E-state index contributed by atoms with van der Waals surface area (Å²) in [6.45, 7) is 27.4. The third kappa shape index (κ3) is 6.54. The predicted octanol–water partition coefficient (Wildman–Crippen LogP) is 11.7. The third-order valence-corrected chi connectivity index (χ3v) is 12.5. The van der Waals surface area contributed by atoms with E-state index in [-0.39, 0.29) is 34.7 Å². The number of hydrogen-bond donors (Lipinski definition) is 1. The summed E-state index contributed by atoms with van der Waals surface area (Å²) in [5.74, 6) is 0.0990. The second kappa shape index (κ2) is 13.2. The molecule has 0 radical (unpaired) electrons. The molecule has 0 saturated heterocycles. The van der Waals surface area contributed by atoms with E-state index in [0.29, 0.717) is 5.52 Å². The predicted molar refractivity (Wildman–Crippen MR) is 223 cm³/mol. The number of nitrogens with zero attached hydrogens (tertiary/aromatic N) is 5. The first-order chi connectivity index (χ1) is 24.7. The zero-order chi connectivity index (χ0) is 38.4. The first-order valence-corrected chi connectivity index (χ1v) is 19.1. The van der Waals surface area contributed by atoms with Crippen molar-refractivity contribution in [3.63, 3.8) is 0 Å². The number of carboxylic acids is 1. The Morgan fingerprint density at radius 1 is 0.611 bits per heavy atom. The lowest BCUT2D eigenvalue weighted by Gasteiger charge is -2.42. The summed E-state index contributed by atoms with van der Waals surface area (Å²) in [5.41, 5.74) is 16.5. The van der Waals surface area contributed by atoms with Crippen molar-refractivity contribution in [1.29, 1.82) is 0 Å². The van der Waals surface area contributed by atoms with Gasteiger partial charge in [-0.3, -0.25) is 4.57 Å². The van der Waals surface area contributed by atoms with Crippen LogP contribution in [0.3, 0.4) is 0 Å². The van der Waals surface area contributed by atoms with Crippen molar-refractivity contribution in [2.24, 2.45) is 0 Å². The Morgan fingerprint density at radius 2 is 1.09 bits per heavy atom. The van der Waals surface area contributed by atoms with E-state index >= 15 is 0 Å². The first-order valence-electron chi connectivity index (χ1n) is 19.1. The molecular weight excluding hydrogens is 667 g/mol. The van der Waals surface area contributed by atoms with E-state index in [9.17, 15) is 9.90 Å². The van der Waals surface area contributed by atoms with Gasteiger partial charge in [0, 0.05) is 0 Å². The molecule has 2 aliphatic rings. The topological polar surface area (TPSA) is 85.8 Å². The van der Waals surface area contributed by atoms with Crippen LogP contribution in [0.2, 0.25) is 0 Å². The fraction of sp³-hybridized carbons (Fsp3) is 0.447. The number of imidazole rings is 1. The molecular formula is C47H59N5O2. The Bertz CT molecular complexity index is 2440. The van der Waals surface area contributed by atoms with Crippen LogP contribution >= 0.6 is 0 Å². The molecule has 4 aromatic carbocycles. The Kier molecular flexibility index (Phi) is 9.52. The summed E-state index contributed by atoms with van der Waals surface area (Å²) in [4.78, 5) is 16.0. The zero-order valence-electron chi connectivity index (χ0n) is 33.7. The number of carboxylic acid groups (broad SMARTS) is 1. The molecule has 0 fully saturated rings. The van der Waals surface area contributed by atoms with Crippen molar-refractivity contribution < 1.29 is 9.90 Å². The van der Waals surface area contributed by atoms with Crippen LogP contribution in [0.4, 0.5) is 0 Å². The highest BCUT2D eigenvalue weighted by Gasteiger charge is 2.39. The molecule has 7 heteroatoms. The molecule has 0 bridgehead atoms. The van der Waals surface area contributed by atoms with Gasteiger partial charge in [0.1, 0.15) is 11.3 Å². The van der Waals surface area contributed by atoms with Gasteiger partial charge in [0.15, 0.2) is 0 Å². The zero-order valence-corrected chi connectivity index (χ0v) is 33.7. The van der Waals surface area contributed by atoms with Crippen LogP contribution in [0.25, 0.3) is 33.4 Å². The molecule has 0 amide bonds. The number of fused-ring (bicyclic) bond motifs is 4. The third-order valence-electron chi connectivity index (χ3n) is 12.5. The van der Waals surface area contributed by atoms with E-state index in [0.717, 1.165) is 34.5 Å². The summed E-state index contributed by atoms with van der Waals surface area (Å²) in [6.07, 6.45) is 4.81. The van der Waals surface area contributed by atoms with Gasteiger partial charge in [-0.1, -0.05) is 86.2 Å². The summed E-state index contributed by atoms with van der Waals surface area (Å²) < 4.78 is 4.16. The molecule has 2 aliphatic carbocycles. The van der Waals surface area contributed by atoms with Gasteiger partial charge in [-0.15, -0.1) is 5.10 Å². The molecule has 7 nitrogen and oxygen atoms in total. The smallest absolute Gasteiger partial charge is 0.335 e. The number of aromatic nitrogens is 5. The van der Waals surface area contributed by atoms with Crippen LogP contribution in [0.15, 0.2) is 60.7 Å². The Morgan fingerprint density at radius 3 is 1.63 bits per heavy atom. The highest BCUT2D eigenvalue weighted by Crippen LogP contribution is 2.48. The molecule has 2 aromatic heterocycles. The number of hydrogen-bond acceptors (Lipinski definition) is 4. The van der Waals surface area contributed by atoms with Gasteiger partial charge in [0.2, 0.25) is 0 Å². The molecule has 0 spiro atoms. The SMILES string of the molecule is C.Cc1cc2c(cc1-n1nnc3cc(C(=O)O)ccc31)C(C)(C)CCC2(C)C.Cc1ccc2c(c1)nc(C)n2-c1cc2c(cc1C)C(C)(C)CCC2(C)C. The summed E-state index contributed by atoms with van der Waals surface area (Å²) >= 11 is 0. The lowest BCUT2D eigenvalue weighted by atomic mass is 9.63. The van der Waals surface area contributed by atoms with Gasteiger partial charge < -0.3 is 5.11 Å². The molecule has 0 atom stereocenters. The first kappa shape index (κ1) is 38.9. The lowest BCUT2D eigenvalue weighted by molar-refractivity contribution is 0.0697. The minimum atomic E-state index is -0.958. The quantitative estimate of drug-likeness (QED) is 0.196. The maximum Gasteiger partial charge on any atom is 0.335 e. The number of benzene rings is 4. The highest BCUT2D eigenvalue weighted by molar-refractivity contribution is 5.92. The molecule has 0 aliphatic heterocycles. The molecule has 8 rings (SSSR count). The second-order valence-electron chi connectivity index (χ2n) is 18.4. The minimum Gasteiger partial charge on any atom is -0.478 e. The van der Waals surface area contributed by atoms with Gasteiger partial charge in [-0.2, -0.15) is 0 Å². The van der Waals surface area contributed by atoms with Crippen molar-refractivity contribution in [3.05, 3.63) is 111 Å². The molecule has 284 valence electrons. The standard InChI is InChI=1S/C24H30N2.C22H25N3O2.CH4/c1-15-8-9-21-20(12-15)25-17(3)26(21)22-14-19-18(13-16(22)2)23(4,5)10-11-24(19,6)7;1-13-10-15-16(22(4,5)9-8-21(15,2)3)12-19(13)25-18-7-6-14(20(26)27)11-17(18)23-24-25;/h8-9,12-14H,10-11H2,1-7H3;6-7,10-12H,8-9H2,1-5H3,(H,26,27);1H4. The van der Waals surface area contributed by atoms with E-state index in [1.54, 1.807) is 18.2 Å². The molecule has 0 unspecified atom stereocenters. The van der Waals surface area contributed by atoms with E-state index in [2.05, 4.69) is 140 Å². The van der Waals surface area contributed by atoms with Gasteiger partial charge in [-0.25, -0.2) is 14.5 Å². The van der Waals surface area contributed by atoms with Gasteiger partial charge in [0.05, 0.1) is 33.5 Å². The molecule has 0 saturated carbocycles. The van der Waals surface area contributed by atoms with E-state index in [1.807, 2.05) is 4.68 Å². The number of carbonyl (C=O) groups is 1. The Balaban J connectivity index is 0.000000181. The Hall–Kier alpha value is -4.78. The summed E-state index contributed by atoms with van der Waals surface area (Å²) in [5, 5.41) is 17.7. The van der Waals surface area contributed by atoms with Gasteiger partial charge in [0.25, 0.3) is 0 Å². The molecule has 54 heavy (non-hydrogen) atoms. The van der Waals surface area contributed by atoms with E-state index in [1.165, 1.54) is 63.8 Å². The second-order valence-corrected chi connectivity index (χ2v) is 18.4. The summed E-state index contributed by atoms with van der Waals surface area (Å²) in [6, 6.07) is 21.0. The highest BCUT2D eigenvalue weighted by atomic mass is 16.4. The van der Waals surface area contributed by atoms with Crippen LogP contribution in [0.5, 0.6) is 0 Å². The van der Waals surface area contributed by atoms with Crippen molar-refractivity contribution in [3.8, 4) is 11.4 Å². The van der Waals surface area contributed by atoms with Crippen molar-refractivity contribution in [1.82, 2.24) is 24.5 Å². The van der Waals surface area contributed by atoms with Crippen molar-refractivity contribution in [2.75, 3.05) is 0 Å². The minimum absolute atomic E-state index is 0. The van der Waals surface area contributed by atoms with Gasteiger partial charge in [-0.05, 0) is 156 Å². The van der Waals surface area contributed by atoms with E-state index < -0.39 is 5.97 Å². The van der Waals surface area contributed by atoms with Crippen LogP contribution in [-0.4, -0.2) is 35.6 Å². The fourth-order valence-electron chi connectivity index (χ4n) is 8.74. The largest absolute Gasteiger partial charge is 0.478 e. The number of rotatable bonds is 3. The monoisotopic (exact) mass is 725 g/mol. The average Bonchev–Trinajstić information content (AvgIpc) is 3.64. The fourth-order valence-corrected chi connectivity index (χ4v) is 8.74. The molecule has 2 heterocycles. The van der Waals surface area contributed by atoms with Crippen molar-refractivity contribution in [2.45, 2.75) is 138 Å². The molecule has 1 N–H and O–H groups in total. The van der Waals surface area contributed by atoms with Gasteiger partial charge >= 0.3 is 5.97 Å². The lowest BCUT2D eigenvalue weighted by Crippen LogP contribution is -2.34. The number of aromatic carboxylic acids is 1. The maximum absolute atomic E-state index is 11.2. The van der Waals surface area contributed by atoms with E-state index in [4.69, 9.17) is 4.98 Å². The normalized spacial score (nSPS) is 17.6. The van der Waals surface area contributed by atoms with Crippen LogP contribution in [0, 0.1) is 27.7 Å².